The quantitative estimate of drug-likeness (QED) is 0.645. The van der Waals surface area contributed by atoms with Crippen molar-refractivity contribution in [2.45, 2.75) is 12.5 Å². The average molecular weight is 290 g/mol. The Kier molecular flexibility index (Phi) is 4.17. The third-order valence-electron chi connectivity index (χ3n) is 1.73. The lowest BCUT2D eigenvalue weighted by atomic mass is 10.1. The van der Waals surface area contributed by atoms with Crippen molar-refractivity contribution in [1.82, 2.24) is 3.53 Å². The zero-order chi connectivity index (χ0) is 9.68. The number of nitrogens with two attached hydrogens (primary N) is 1. The van der Waals surface area contributed by atoms with Crippen molar-refractivity contribution >= 4 is 28.8 Å². The number of rotatable bonds is 3. The van der Waals surface area contributed by atoms with Crippen molar-refractivity contribution in [3.05, 3.63) is 35.9 Å². The van der Waals surface area contributed by atoms with E-state index in [1.807, 2.05) is 30.3 Å². The topological polar surface area (TPSA) is 55.1 Å². The number of carbonyl (C=O) groups excluding carboxylic acids is 1. The van der Waals surface area contributed by atoms with Crippen LogP contribution in [0.15, 0.2) is 30.3 Å². The van der Waals surface area contributed by atoms with Crippen LogP contribution in [0.4, 0.5) is 0 Å². The molecule has 0 fully saturated rings. The van der Waals surface area contributed by atoms with Crippen LogP contribution in [0.5, 0.6) is 0 Å². The molecule has 1 aromatic rings. The summed E-state index contributed by atoms with van der Waals surface area (Å²) in [6.45, 7) is 0. The molecular formula is C9H11IN2O. The molecule has 0 radical (unpaired) electrons. The van der Waals surface area contributed by atoms with E-state index < -0.39 is 6.04 Å². The van der Waals surface area contributed by atoms with E-state index in [2.05, 4.69) is 3.53 Å². The first-order valence-corrected chi connectivity index (χ1v) is 5.02. The SMILES string of the molecule is NC(Cc1ccccc1)C(=O)NI. The third-order valence-corrected chi connectivity index (χ3v) is 2.26. The van der Waals surface area contributed by atoms with Crippen LogP contribution < -0.4 is 9.26 Å². The molecule has 1 atom stereocenters. The molecule has 3 nitrogen and oxygen atoms in total. The van der Waals surface area contributed by atoms with Gasteiger partial charge in [-0.1, -0.05) is 30.3 Å². The lowest BCUT2D eigenvalue weighted by Gasteiger charge is -2.08. The van der Waals surface area contributed by atoms with Gasteiger partial charge >= 0.3 is 0 Å². The Morgan fingerprint density at radius 3 is 2.62 bits per heavy atom. The van der Waals surface area contributed by atoms with Gasteiger partial charge in [0.2, 0.25) is 5.91 Å². The van der Waals surface area contributed by atoms with Crippen molar-refractivity contribution in [2.24, 2.45) is 5.73 Å². The summed E-state index contributed by atoms with van der Waals surface area (Å²) in [4.78, 5) is 11.1. The first kappa shape index (κ1) is 10.5. The van der Waals surface area contributed by atoms with Crippen LogP contribution >= 0.6 is 22.9 Å². The normalized spacial score (nSPS) is 12.2. The highest BCUT2D eigenvalue weighted by atomic mass is 127. The molecule has 70 valence electrons. The lowest BCUT2D eigenvalue weighted by molar-refractivity contribution is -0.120. The monoisotopic (exact) mass is 290 g/mol. The van der Waals surface area contributed by atoms with Crippen LogP contribution in [0.2, 0.25) is 0 Å². The fourth-order valence-corrected chi connectivity index (χ4v) is 1.43. The Morgan fingerprint density at radius 1 is 1.46 bits per heavy atom. The summed E-state index contributed by atoms with van der Waals surface area (Å²) in [6.07, 6.45) is 0.579. The molecule has 0 aliphatic heterocycles. The molecule has 0 saturated carbocycles. The summed E-state index contributed by atoms with van der Waals surface area (Å²) in [5, 5.41) is 0. The van der Waals surface area contributed by atoms with Crippen LogP contribution in [-0.2, 0) is 11.2 Å². The third kappa shape index (κ3) is 3.31. The number of halogens is 1. The van der Waals surface area contributed by atoms with E-state index in [-0.39, 0.29) is 5.91 Å². The van der Waals surface area contributed by atoms with Crippen LogP contribution in [-0.4, -0.2) is 11.9 Å². The molecular weight excluding hydrogens is 279 g/mol. The van der Waals surface area contributed by atoms with Gasteiger partial charge in [-0.25, -0.2) is 0 Å². The van der Waals surface area contributed by atoms with E-state index >= 15 is 0 Å². The minimum absolute atomic E-state index is 0.135. The molecule has 0 bridgehead atoms. The summed E-state index contributed by atoms with van der Waals surface area (Å²) >= 11 is 1.79. The van der Waals surface area contributed by atoms with Gasteiger partial charge in [0.1, 0.15) is 0 Å². The highest BCUT2D eigenvalue weighted by Gasteiger charge is 2.11. The van der Waals surface area contributed by atoms with E-state index in [9.17, 15) is 4.79 Å². The fraction of sp³-hybridized carbons (Fsp3) is 0.222. The maximum Gasteiger partial charge on any atom is 0.245 e. The Hall–Kier alpha value is -0.620. The smallest absolute Gasteiger partial charge is 0.245 e. The van der Waals surface area contributed by atoms with Gasteiger partial charge in [-0.3, -0.25) is 8.32 Å². The fourth-order valence-electron chi connectivity index (χ4n) is 1.03. The highest BCUT2D eigenvalue weighted by Crippen LogP contribution is 2.01. The Bertz CT molecular complexity index is 276. The van der Waals surface area contributed by atoms with Gasteiger partial charge in [-0.2, -0.15) is 0 Å². The van der Waals surface area contributed by atoms with Crippen molar-refractivity contribution in [2.75, 3.05) is 0 Å². The minimum atomic E-state index is -0.459. The van der Waals surface area contributed by atoms with Gasteiger partial charge in [-0.15, -0.1) is 0 Å². The molecule has 0 aliphatic carbocycles. The van der Waals surface area contributed by atoms with Gasteiger partial charge in [-0.05, 0) is 12.0 Å². The molecule has 0 aromatic heterocycles. The van der Waals surface area contributed by atoms with E-state index in [4.69, 9.17) is 5.73 Å². The van der Waals surface area contributed by atoms with Crippen LogP contribution in [0.1, 0.15) is 5.56 Å². The predicted molar refractivity (Wildman–Crippen MR) is 60.3 cm³/mol. The number of hydrogen-bond acceptors (Lipinski definition) is 2. The Balaban J connectivity index is 2.55. The van der Waals surface area contributed by atoms with Gasteiger partial charge in [0, 0.05) is 0 Å². The molecule has 1 amide bonds. The first-order chi connectivity index (χ1) is 6.24. The van der Waals surface area contributed by atoms with Crippen LogP contribution in [0.25, 0.3) is 0 Å². The first-order valence-electron chi connectivity index (χ1n) is 3.94. The molecule has 3 N–H and O–H groups in total. The molecule has 1 unspecified atom stereocenters. The van der Waals surface area contributed by atoms with E-state index in [0.717, 1.165) is 5.56 Å². The molecule has 13 heavy (non-hydrogen) atoms. The molecule has 1 aromatic carbocycles. The summed E-state index contributed by atoms with van der Waals surface area (Å²) < 4.78 is 2.49. The van der Waals surface area contributed by atoms with Crippen molar-refractivity contribution in [3.63, 3.8) is 0 Å². The highest BCUT2D eigenvalue weighted by molar-refractivity contribution is 14.1. The molecule has 1 rings (SSSR count). The zero-order valence-electron chi connectivity index (χ0n) is 7.03. The van der Waals surface area contributed by atoms with Gasteiger partial charge in [0.15, 0.2) is 0 Å². The second kappa shape index (κ2) is 5.18. The van der Waals surface area contributed by atoms with E-state index in [0.29, 0.717) is 6.42 Å². The molecule has 0 aliphatic rings. The second-order valence-corrected chi connectivity index (χ2v) is 3.29. The maximum atomic E-state index is 11.1. The molecule has 0 saturated heterocycles. The molecule has 0 heterocycles. The summed E-state index contributed by atoms with van der Waals surface area (Å²) in [5.41, 5.74) is 6.72. The van der Waals surface area contributed by atoms with Crippen LogP contribution in [0.3, 0.4) is 0 Å². The largest absolute Gasteiger partial charge is 0.320 e. The Morgan fingerprint density at radius 2 is 2.08 bits per heavy atom. The standard InChI is InChI=1S/C9H11IN2O/c10-12-9(13)8(11)6-7-4-2-1-3-5-7/h1-5,8H,6,11H2,(H,12,13). The Labute approximate surface area is 91.2 Å². The number of amides is 1. The number of benzene rings is 1. The maximum absolute atomic E-state index is 11.1. The summed E-state index contributed by atoms with van der Waals surface area (Å²) in [6, 6.07) is 9.27. The summed E-state index contributed by atoms with van der Waals surface area (Å²) in [5.74, 6) is -0.135. The second-order valence-electron chi connectivity index (χ2n) is 2.75. The van der Waals surface area contributed by atoms with Gasteiger partial charge < -0.3 is 5.73 Å². The molecule has 4 heteroatoms. The van der Waals surface area contributed by atoms with Crippen LogP contribution in [0, 0.1) is 0 Å². The van der Waals surface area contributed by atoms with Crippen molar-refractivity contribution < 1.29 is 4.79 Å². The van der Waals surface area contributed by atoms with E-state index in [1.54, 1.807) is 22.9 Å². The lowest BCUT2D eigenvalue weighted by Crippen LogP contribution is -2.38. The van der Waals surface area contributed by atoms with Gasteiger partial charge in [0.25, 0.3) is 0 Å². The average Bonchev–Trinajstić information content (AvgIpc) is 2.18. The van der Waals surface area contributed by atoms with Gasteiger partial charge in [0.05, 0.1) is 28.9 Å². The minimum Gasteiger partial charge on any atom is -0.320 e. The van der Waals surface area contributed by atoms with E-state index in [1.165, 1.54) is 0 Å². The molecule has 0 spiro atoms. The summed E-state index contributed by atoms with van der Waals surface area (Å²) in [7, 11) is 0. The predicted octanol–water partition coefficient (Wildman–Crippen LogP) is 1.02. The number of carbonyl (C=O) groups is 1. The van der Waals surface area contributed by atoms with Crippen molar-refractivity contribution in [1.29, 1.82) is 0 Å². The number of hydrogen-bond donors (Lipinski definition) is 2. The van der Waals surface area contributed by atoms with Crippen molar-refractivity contribution in [3.8, 4) is 0 Å². The zero-order valence-corrected chi connectivity index (χ0v) is 9.19. The number of nitrogens with one attached hydrogen (secondary N) is 1.